The maximum atomic E-state index is 12.8. The fourth-order valence-electron chi connectivity index (χ4n) is 3.39. The number of carbonyl (C=O) groups excluding carboxylic acids is 2. The number of esters is 1. The van der Waals surface area contributed by atoms with Gasteiger partial charge in [-0.15, -0.1) is 0 Å². The lowest BCUT2D eigenvalue weighted by Crippen LogP contribution is -2.37. The van der Waals surface area contributed by atoms with Crippen LogP contribution in [0.2, 0.25) is 0 Å². The molecule has 0 aliphatic carbocycles. The molecule has 1 N–H and O–H groups in total. The van der Waals surface area contributed by atoms with Gasteiger partial charge in [0.25, 0.3) is 0 Å². The molecule has 1 saturated heterocycles. The number of unbranched alkanes of at least 4 members (excludes halogenated alkanes) is 1. The number of para-hydroxylation sites is 1. The zero-order valence-electron chi connectivity index (χ0n) is 16.9. The molecule has 2 aromatic rings. The molecule has 1 aliphatic heterocycles. The molecule has 7 nitrogen and oxygen atoms in total. The molecule has 0 aromatic heterocycles. The monoisotopic (exact) mass is 398 g/mol. The molecule has 1 heterocycles. The molecular formula is C22H26N2O5. The number of hydrogen-bond donors (Lipinski definition) is 1. The van der Waals surface area contributed by atoms with Crippen LogP contribution in [0.4, 0.5) is 10.5 Å². The number of anilines is 1. The fraction of sp³-hybridized carbons (Fsp3) is 0.364. The van der Waals surface area contributed by atoms with Crippen molar-refractivity contribution in [2.24, 2.45) is 0 Å². The largest absolute Gasteiger partial charge is 0.497 e. The molecule has 154 valence electrons. The summed E-state index contributed by atoms with van der Waals surface area (Å²) < 4.78 is 16.3. The average molecular weight is 398 g/mol. The van der Waals surface area contributed by atoms with Gasteiger partial charge in [-0.3, -0.25) is 4.90 Å². The second kappa shape index (κ2) is 9.32. The highest BCUT2D eigenvalue weighted by molar-refractivity contribution is 6.00. The zero-order chi connectivity index (χ0) is 20.8. The van der Waals surface area contributed by atoms with Gasteiger partial charge in [-0.1, -0.05) is 31.5 Å². The van der Waals surface area contributed by atoms with Crippen LogP contribution >= 0.6 is 0 Å². The standard InChI is InChI=1S/C22H26N2O5/c1-4-5-13-29-18-14-16(27-2)11-12-17(18)20-19(21(25)28-3)23-22(26)24(20)15-9-7-6-8-10-15/h6-12,14,19-20H,4-5,13H2,1-3H3,(H,23,26)/t19-,20-/m1/s1. The van der Waals surface area contributed by atoms with E-state index in [9.17, 15) is 9.59 Å². The highest BCUT2D eigenvalue weighted by atomic mass is 16.5. The molecular weight excluding hydrogens is 372 g/mol. The minimum Gasteiger partial charge on any atom is -0.497 e. The molecule has 1 aliphatic rings. The molecule has 0 unspecified atom stereocenters. The van der Waals surface area contributed by atoms with Crippen molar-refractivity contribution in [2.45, 2.75) is 31.8 Å². The van der Waals surface area contributed by atoms with Crippen molar-refractivity contribution >= 4 is 17.7 Å². The molecule has 29 heavy (non-hydrogen) atoms. The van der Waals surface area contributed by atoms with Gasteiger partial charge in [0.15, 0.2) is 6.04 Å². The minimum absolute atomic E-state index is 0.369. The van der Waals surface area contributed by atoms with E-state index in [0.717, 1.165) is 12.8 Å². The Balaban J connectivity index is 2.09. The van der Waals surface area contributed by atoms with Crippen LogP contribution in [-0.4, -0.2) is 38.9 Å². The Morgan fingerprint density at radius 3 is 2.55 bits per heavy atom. The van der Waals surface area contributed by atoms with E-state index in [-0.39, 0.29) is 6.03 Å². The van der Waals surface area contributed by atoms with E-state index in [0.29, 0.717) is 29.4 Å². The van der Waals surface area contributed by atoms with Crippen molar-refractivity contribution < 1.29 is 23.8 Å². The number of methoxy groups -OCH3 is 2. The topological polar surface area (TPSA) is 77.1 Å². The van der Waals surface area contributed by atoms with Gasteiger partial charge in [0.05, 0.1) is 26.9 Å². The van der Waals surface area contributed by atoms with Crippen LogP contribution in [-0.2, 0) is 9.53 Å². The normalized spacial score (nSPS) is 18.3. The molecule has 3 rings (SSSR count). The fourth-order valence-corrected chi connectivity index (χ4v) is 3.39. The molecule has 2 atom stereocenters. The SMILES string of the molecule is CCCCOc1cc(OC)ccc1[C@@H]1[C@H](C(=O)OC)NC(=O)N1c1ccccc1. The number of ether oxygens (including phenoxy) is 3. The van der Waals surface area contributed by atoms with Gasteiger partial charge in [0.2, 0.25) is 0 Å². The Kier molecular flexibility index (Phi) is 6.59. The van der Waals surface area contributed by atoms with Crippen molar-refractivity contribution in [2.75, 3.05) is 25.7 Å². The lowest BCUT2D eigenvalue weighted by Gasteiger charge is -2.27. The smallest absolute Gasteiger partial charge is 0.330 e. The lowest BCUT2D eigenvalue weighted by atomic mass is 9.97. The van der Waals surface area contributed by atoms with Crippen molar-refractivity contribution in [1.82, 2.24) is 5.32 Å². The van der Waals surface area contributed by atoms with E-state index in [4.69, 9.17) is 14.2 Å². The van der Waals surface area contributed by atoms with Crippen LogP contribution in [0.25, 0.3) is 0 Å². The van der Waals surface area contributed by atoms with Gasteiger partial charge in [-0.05, 0) is 30.7 Å². The molecule has 1 fully saturated rings. The third kappa shape index (κ3) is 4.29. The number of nitrogens with one attached hydrogen (secondary N) is 1. The highest BCUT2D eigenvalue weighted by Gasteiger charge is 2.47. The first-order chi connectivity index (χ1) is 14.1. The zero-order valence-corrected chi connectivity index (χ0v) is 16.9. The van der Waals surface area contributed by atoms with Crippen molar-refractivity contribution in [1.29, 1.82) is 0 Å². The molecule has 2 aromatic carbocycles. The number of hydrogen-bond acceptors (Lipinski definition) is 5. The number of nitrogens with zero attached hydrogens (tertiary/aromatic N) is 1. The van der Waals surface area contributed by atoms with Gasteiger partial charge in [0.1, 0.15) is 11.5 Å². The summed E-state index contributed by atoms with van der Waals surface area (Å²) in [5, 5.41) is 2.75. The molecule has 7 heteroatoms. The van der Waals surface area contributed by atoms with Crippen LogP contribution in [0.15, 0.2) is 48.5 Å². The van der Waals surface area contributed by atoms with E-state index in [1.165, 1.54) is 7.11 Å². The van der Waals surface area contributed by atoms with Crippen molar-refractivity contribution in [3.63, 3.8) is 0 Å². The second-order valence-electron chi connectivity index (χ2n) is 6.71. The van der Waals surface area contributed by atoms with Crippen LogP contribution in [0.1, 0.15) is 31.4 Å². The third-order valence-electron chi connectivity index (χ3n) is 4.88. The summed E-state index contributed by atoms with van der Waals surface area (Å²) in [6.45, 7) is 2.61. The maximum Gasteiger partial charge on any atom is 0.330 e. The predicted octanol–water partition coefficient (Wildman–Crippen LogP) is 3.69. The van der Waals surface area contributed by atoms with E-state index < -0.39 is 18.1 Å². The van der Waals surface area contributed by atoms with Crippen LogP contribution in [0, 0.1) is 0 Å². The number of amides is 2. The van der Waals surface area contributed by atoms with Crippen LogP contribution in [0.3, 0.4) is 0 Å². The molecule has 2 amide bonds. The van der Waals surface area contributed by atoms with E-state index in [1.807, 2.05) is 36.4 Å². The maximum absolute atomic E-state index is 12.8. The number of carbonyl (C=O) groups is 2. The summed E-state index contributed by atoms with van der Waals surface area (Å²) in [4.78, 5) is 26.9. The van der Waals surface area contributed by atoms with Crippen molar-refractivity contribution in [3.8, 4) is 11.5 Å². The molecule has 0 spiro atoms. The van der Waals surface area contributed by atoms with Gasteiger partial charge < -0.3 is 19.5 Å². The van der Waals surface area contributed by atoms with Gasteiger partial charge in [-0.25, -0.2) is 9.59 Å². The van der Waals surface area contributed by atoms with E-state index >= 15 is 0 Å². The third-order valence-corrected chi connectivity index (χ3v) is 4.88. The molecule has 0 bridgehead atoms. The number of benzene rings is 2. The summed E-state index contributed by atoms with van der Waals surface area (Å²) in [7, 11) is 2.89. The van der Waals surface area contributed by atoms with Gasteiger partial charge in [-0.2, -0.15) is 0 Å². The molecule has 0 radical (unpaired) electrons. The van der Waals surface area contributed by atoms with Crippen LogP contribution < -0.4 is 19.7 Å². The number of rotatable bonds is 8. The average Bonchev–Trinajstić information content (AvgIpc) is 3.10. The van der Waals surface area contributed by atoms with E-state index in [2.05, 4.69) is 12.2 Å². The van der Waals surface area contributed by atoms with Crippen molar-refractivity contribution in [3.05, 3.63) is 54.1 Å². The first-order valence-electron chi connectivity index (χ1n) is 9.64. The van der Waals surface area contributed by atoms with Crippen LogP contribution in [0.5, 0.6) is 11.5 Å². The van der Waals surface area contributed by atoms with E-state index in [1.54, 1.807) is 24.1 Å². The summed E-state index contributed by atoms with van der Waals surface area (Å²) >= 11 is 0. The quantitative estimate of drug-likeness (QED) is 0.542. The lowest BCUT2D eigenvalue weighted by molar-refractivity contribution is -0.142. The highest BCUT2D eigenvalue weighted by Crippen LogP contribution is 2.40. The predicted molar refractivity (Wildman–Crippen MR) is 109 cm³/mol. The minimum atomic E-state index is -0.866. The Morgan fingerprint density at radius 1 is 1.14 bits per heavy atom. The Labute approximate surface area is 170 Å². The first-order valence-corrected chi connectivity index (χ1v) is 9.64. The Bertz CT molecular complexity index is 856. The summed E-state index contributed by atoms with van der Waals surface area (Å²) in [6.07, 6.45) is 1.88. The Morgan fingerprint density at radius 2 is 1.90 bits per heavy atom. The first kappa shape index (κ1) is 20.5. The second-order valence-corrected chi connectivity index (χ2v) is 6.71. The number of urea groups is 1. The summed E-state index contributed by atoms with van der Waals surface area (Å²) in [6, 6.07) is 12.8. The summed E-state index contributed by atoms with van der Waals surface area (Å²) in [5.41, 5.74) is 1.39. The summed E-state index contributed by atoms with van der Waals surface area (Å²) in [5.74, 6) is 0.699. The van der Waals surface area contributed by atoms with Gasteiger partial charge >= 0.3 is 12.0 Å². The van der Waals surface area contributed by atoms with Gasteiger partial charge in [0, 0.05) is 17.3 Å². The Hall–Kier alpha value is -3.22. The molecule has 0 saturated carbocycles.